The van der Waals surface area contributed by atoms with Crippen molar-refractivity contribution in [1.82, 2.24) is 0 Å². The number of ether oxygens (including phenoxy) is 3. The third kappa shape index (κ3) is 4.34. The summed E-state index contributed by atoms with van der Waals surface area (Å²) in [5.41, 5.74) is 3.92. The molecular weight excluding hydrogens is 486 g/mol. The number of aliphatic imine (C=N–C) groups is 1. The largest absolute Gasteiger partial charge is 0.493 e. The molecule has 0 fully saturated rings. The van der Waals surface area contributed by atoms with Gasteiger partial charge < -0.3 is 14.2 Å². The number of halogens is 1. The van der Waals surface area contributed by atoms with Crippen LogP contribution in [-0.2, 0) is 14.3 Å². The van der Waals surface area contributed by atoms with E-state index in [9.17, 15) is 9.59 Å². The first-order chi connectivity index (χ1) is 15.9. The van der Waals surface area contributed by atoms with Crippen LogP contribution in [0, 0.1) is 5.92 Å². The average Bonchev–Trinajstić information content (AvgIpc) is 2.82. The molecule has 0 amide bonds. The van der Waals surface area contributed by atoms with Gasteiger partial charge in [0.05, 0.1) is 21.3 Å². The Morgan fingerprint density at radius 3 is 2.27 bits per heavy atom. The minimum absolute atomic E-state index is 0.00843. The van der Waals surface area contributed by atoms with E-state index in [1.165, 1.54) is 7.11 Å². The van der Waals surface area contributed by atoms with Crippen molar-refractivity contribution in [2.24, 2.45) is 10.9 Å². The van der Waals surface area contributed by atoms with Crippen LogP contribution in [0.5, 0.6) is 11.5 Å². The van der Waals surface area contributed by atoms with E-state index in [-0.39, 0.29) is 17.7 Å². The molecule has 1 heterocycles. The maximum atomic E-state index is 13.6. The van der Waals surface area contributed by atoms with E-state index in [0.717, 1.165) is 21.3 Å². The first-order valence-corrected chi connectivity index (χ1v) is 11.5. The van der Waals surface area contributed by atoms with Crippen LogP contribution in [0.3, 0.4) is 0 Å². The van der Waals surface area contributed by atoms with Crippen LogP contribution in [0.1, 0.15) is 42.7 Å². The van der Waals surface area contributed by atoms with E-state index in [4.69, 9.17) is 19.2 Å². The number of carbonyl (C=O) groups excluding carboxylic acids is 2. The van der Waals surface area contributed by atoms with Crippen LogP contribution < -0.4 is 9.47 Å². The standard InChI is InChI=1S/C26H26BrNO5/c1-14-23(26(30)33-4)24(15-5-8-18(27)9-6-15)25-19(28-14)11-17(12-20(25)29)16-7-10-21(31-2)22(13-16)32-3/h5-10,13,17,23-24H,11-12H2,1-4H3/t17-,23?,24+/m1/s1. The highest BCUT2D eigenvalue weighted by Gasteiger charge is 2.44. The number of hydrogen-bond donors (Lipinski definition) is 0. The second kappa shape index (κ2) is 9.51. The molecule has 2 aromatic rings. The van der Waals surface area contributed by atoms with Gasteiger partial charge in [-0.25, -0.2) is 0 Å². The van der Waals surface area contributed by atoms with E-state index in [1.54, 1.807) is 14.2 Å². The van der Waals surface area contributed by atoms with E-state index in [0.29, 0.717) is 35.6 Å². The van der Waals surface area contributed by atoms with Crippen molar-refractivity contribution in [3.8, 4) is 11.5 Å². The highest BCUT2D eigenvalue weighted by atomic mass is 79.9. The third-order valence-electron chi connectivity index (χ3n) is 6.45. The highest BCUT2D eigenvalue weighted by molar-refractivity contribution is 9.10. The molecular formula is C26H26BrNO5. The molecule has 0 radical (unpaired) electrons. The number of ketones is 1. The molecule has 7 heteroatoms. The van der Waals surface area contributed by atoms with Crippen LogP contribution in [0.25, 0.3) is 0 Å². The molecule has 0 aromatic heterocycles. The molecule has 6 nitrogen and oxygen atoms in total. The molecule has 0 N–H and O–H groups in total. The number of Topliss-reactive ketones (excluding diaryl/α,β-unsaturated/α-hetero) is 1. The lowest BCUT2D eigenvalue weighted by Crippen LogP contribution is -2.37. The second-order valence-electron chi connectivity index (χ2n) is 8.29. The number of hydrogen-bond acceptors (Lipinski definition) is 6. The van der Waals surface area contributed by atoms with E-state index < -0.39 is 11.8 Å². The summed E-state index contributed by atoms with van der Waals surface area (Å²) in [5.74, 6) is -0.184. The number of benzene rings is 2. The minimum atomic E-state index is -0.628. The van der Waals surface area contributed by atoms with Gasteiger partial charge in [0.15, 0.2) is 17.3 Å². The Morgan fingerprint density at radius 2 is 1.64 bits per heavy atom. The fourth-order valence-electron chi connectivity index (χ4n) is 4.86. The number of nitrogens with zero attached hydrogens (tertiary/aromatic N) is 1. The van der Waals surface area contributed by atoms with Crippen LogP contribution in [0.4, 0.5) is 0 Å². The Hall–Kier alpha value is -2.93. The summed E-state index contributed by atoms with van der Waals surface area (Å²) in [6, 6.07) is 13.5. The van der Waals surface area contributed by atoms with Gasteiger partial charge in [0.1, 0.15) is 5.92 Å². The summed E-state index contributed by atoms with van der Waals surface area (Å²) in [6.07, 6.45) is 0.943. The Labute approximate surface area is 201 Å². The van der Waals surface area contributed by atoms with Crippen molar-refractivity contribution < 1.29 is 23.8 Å². The average molecular weight is 512 g/mol. The first kappa shape index (κ1) is 23.2. The summed E-state index contributed by atoms with van der Waals surface area (Å²) in [5, 5.41) is 0. The van der Waals surface area contributed by atoms with Gasteiger partial charge in [0.2, 0.25) is 0 Å². The third-order valence-corrected chi connectivity index (χ3v) is 6.98. The number of esters is 1. The SMILES string of the molecule is COC(=O)C1C(C)=NC2=C(C(=O)C[C@H](c3ccc(OC)c(OC)c3)C2)[C@H]1c1ccc(Br)cc1. The summed E-state index contributed by atoms with van der Waals surface area (Å²) < 4.78 is 16.8. The Balaban J connectivity index is 1.78. The zero-order valence-corrected chi connectivity index (χ0v) is 20.6. The van der Waals surface area contributed by atoms with Crippen LogP contribution in [0.15, 0.2) is 63.2 Å². The number of methoxy groups -OCH3 is 3. The van der Waals surface area contributed by atoms with Gasteiger partial charge in [0.25, 0.3) is 0 Å². The fourth-order valence-corrected chi connectivity index (χ4v) is 5.13. The molecule has 172 valence electrons. The summed E-state index contributed by atoms with van der Waals surface area (Å²) in [7, 11) is 4.56. The van der Waals surface area contributed by atoms with Gasteiger partial charge in [-0.2, -0.15) is 0 Å². The number of rotatable bonds is 5. The molecule has 0 saturated carbocycles. The van der Waals surface area contributed by atoms with Gasteiger partial charge in [-0.05, 0) is 54.7 Å². The Kier molecular flexibility index (Phi) is 6.70. The van der Waals surface area contributed by atoms with E-state index in [1.807, 2.05) is 49.4 Å². The first-order valence-electron chi connectivity index (χ1n) is 10.7. The maximum absolute atomic E-state index is 13.6. The van der Waals surface area contributed by atoms with Crippen molar-refractivity contribution in [3.05, 3.63) is 69.3 Å². The van der Waals surface area contributed by atoms with Crippen molar-refractivity contribution >= 4 is 33.4 Å². The van der Waals surface area contributed by atoms with Gasteiger partial charge in [-0.3, -0.25) is 14.6 Å². The van der Waals surface area contributed by atoms with Crippen molar-refractivity contribution in [2.45, 2.75) is 31.6 Å². The van der Waals surface area contributed by atoms with E-state index in [2.05, 4.69) is 15.9 Å². The predicted molar refractivity (Wildman–Crippen MR) is 129 cm³/mol. The lowest BCUT2D eigenvalue weighted by Gasteiger charge is -2.36. The zero-order chi connectivity index (χ0) is 23.7. The second-order valence-corrected chi connectivity index (χ2v) is 9.20. The maximum Gasteiger partial charge on any atom is 0.315 e. The normalized spacial score (nSPS) is 22.4. The molecule has 33 heavy (non-hydrogen) atoms. The molecule has 1 unspecified atom stereocenters. The smallest absolute Gasteiger partial charge is 0.315 e. The predicted octanol–water partition coefficient (Wildman–Crippen LogP) is 5.21. The summed E-state index contributed by atoms with van der Waals surface area (Å²) >= 11 is 3.46. The Morgan fingerprint density at radius 1 is 0.970 bits per heavy atom. The number of allylic oxidation sites excluding steroid dienone is 2. The van der Waals surface area contributed by atoms with Gasteiger partial charge in [0, 0.05) is 33.8 Å². The summed E-state index contributed by atoms with van der Waals surface area (Å²) in [4.78, 5) is 31.1. The topological polar surface area (TPSA) is 74.2 Å². The van der Waals surface area contributed by atoms with E-state index >= 15 is 0 Å². The zero-order valence-electron chi connectivity index (χ0n) is 19.1. The van der Waals surface area contributed by atoms with Crippen molar-refractivity contribution in [1.29, 1.82) is 0 Å². The minimum Gasteiger partial charge on any atom is -0.493 e. The van der Waals surface area contributed by atoms with Gasteiger partial charge in [-0.15, -0.1) is 0 Å². The summed E-state index contributed by atoms with van der Waals surface area (Å²) in [6.45, 7) is 1.84. The van der Waals surface area contributed by atoms with Gasteiger partial charge >= 0.3 is 5.97 Å². The molecule has 2 aromatic carbocycles. The molecule has 3 atom stereocenters. The quantitative estimate of drug-likeness (QED) is 0.514. The van der Waals surface area contributed by atoms with Crippen LogP contribution >= 0.6 is 15.9 Å². The Bertz CT molecular complexity index is 1150. The lowest BCUT2D eigenvalue weighted by molar-refractivity contribution is -0.143. The lowest BCUT2D eigenvalue weighted by atomic mass is 9.69. The highest BCUT2D eigenvalue weighted by Crippen LogP contribution is 2.47. The van der Waals surface area contributed by atoms with Crippen LogP contribution in [-0.4, -0.2) is 38.8 Å². The van der Waals surface area contributed by atoms with Crippen molar-refractivity contribution in [3.63, 3.8) is 0 Å². The monoisotopic (exact) mass is 511 g/mol. The molecule has 4 rings (SSSR count). The molecule has 2 aliphatic rings. The van der Waals surface area contributed by atoms with Gasteiger partial charge in [-0.1, -0.05) is 34.1 Å². The number of carbonyl (C=O) groups is 2. The molecule has 0 saturated heterocycles. The van der Waals surface area contributed by atoms with Crippen LogP contribution in [0.2, 0.25) is 0 Å². The molecule has 1 aliphatic carbocycles. The molecule has 1 aliphatic heterocycles. The molecule has 0 spiro atoms. The van der Waals surface area contributed by atoms with Crippen molar-refractivity contribution in [2.75, 3.05) is 21.3 Å². The fraction of sp³-hybridized carbons (Fsp3) is 0.346. The molecule has 0 bridgehead atoms.